The summed E-state index contributed by atoms with van der Waals surface area (Å²) in [7, 11) is 0. The van der Waals surface area contributed by atoms with E-state index in [1.165, 1.54) is 19.1 Å². The summed E-state index contributed by atoms with van der Waals surface area (Å²) >= 11 is 3.05. The van der Waals surface area contributed by atoms with Crippen LogP contribution >= 0.6 is 15.9 Å². The maximum Gasteiger partial charge on any atom is 0.325 e. The molecule has 0 bridgehead atoms. The van der Waals surface area contributed by atoms with Gasteiger partial charge in [0.2, 0.25) is 0 Å². The summed E-state index contributed by atoms with van der Waals surface area (Å²) in [4.78, 5) is 22.0. The van der Waals surface area contributed by atoms with Crippen molar-refractivity contribution in [3.63, 3.8) is 0 Å². The Morgan fingerprint density at radius 2 is 2.12 bits per heavy atom. The predicted molar refractivity (Wildman–Crippen MR) is 58.7 cm³/mol. The van der Waals surface area contributed by atoms with E-state index in [0.29, 0.717) is 4.47 Å². The first-order chi connectivity index (χ1) is 7.41. The monoisotopic (exact) mass is 289 g/mol. The molecule has 1 atom stereocenters. The van der Waals surface area contributed by atoms with Crippen LogP contribution in [0.5, 0.6) is 0 Å². The first kappa shape index (κ1) is 12.6. The number of carboxylic acids is 1. The van der Waals surface area contributed by atoms with E-state index >= 15 is 0 Å². The number of carbonyl (C=O) groups excluding carboxylic acids is 1. The fourth-order valence-corrected chi connectivity index (χ4v) is 1.34. The molecule has 6 heteroatoms. The Morgan fingerprint density at radius 1 is 1.50 bits per heavy atom. The molecule has 0 aliphatic rings. The van der Waals surface area contributed by atoms with E-state index in [4.69, 9.17) is 5.11 Å². The Morgan fingerprint density at radius 3 is 2.62 bits per heavy atom. The molecular weight excluding hydrogens is 281 g/mol. The molecule has 1 amide bonds. The topological polar surface area (TPSA) is 66.4 Å². The van der Waals surface area contributed by atoms with Crippen molar-refractivity contribution in [2.45, 2.75) is 13.0 Å². The molecule has 0 saturated heterocycles. The summed E-state index contributed by atoms with van der Waals surface area (Å²) in [5.74, 6) is -2.63. The summed E-state index contributed by atoms with van der Waals surface area (Å²) in [5.41, 5.74) is -0.184. The molecule has 16 heavy (non-hydrogen) atoms. The molecule has 0 radical (unpaired) electrons. The number of amides is 1. The molecule has 86 valence electrons. The Kier molecular flexibility index (Phi) is 4.00. The van der Waals surface area contributed by atoms with E-state index in [-0.39, 0.29) is 5.56 Å². The summed E-state index contributed by atoms with van der Waals surface area (Å²) in [6, 6.07) is 2.86. The van der Waals surface area contributed by atoms with Crippen molar-refractivity contribution >= 4 is 27.8 Å². The van der Waals surface area contributed by atoms with Gasteiger partial charge in [-0.2, -0.15) is 0 Å². The first-order valence-corrected chi connectivity index (χ1v) is 5.20. The lowest BCUT2D eigenvalue weighted by Gasteiger charge is -2.09. The summed E-state index contributed by atoms with van der Waals surface area (Å²) in [6.07, 6.45) is 0. The number of nitrogens with one attached hydrogen (secondary N) is 1. The van der Waals surface area contributed by atoms with Crippen molar-refractivity contribution in [3.05, 3.63) is 34.1 Å². The van der Waals surface area contributed by atoms with Crippen LogP contribution < -0.4 is 5.32 Å². The van der Waals surface area contributed by atoms with Gasteiger partial charge in [-0.25, -0.2) is 4.39 Å². The highest BCUT2D eigenvalue weighted by Crippen LogP contribution is 2.15. The molecule has 1 aromatic rings. The molecule has 0 aliphatic heterocycles. The van der Waals surface area contributed by atoms with Crippen LogP contribution in [0, 0.1) is 5.82 Å². The zero-order valence-corrected chi connectivity index (χ0v) is 9.92. The van der Waals surface area contributed by atoms with Crippen molar-refractivity contribution in [1.82, 2.24) is 5.32 Å². The maximum atomic E-state index is 13.3. The molecule has 1 aromatic carbocycles. The molecule has 0 unspecified atom stereocenters. The van der Waals surface area contributed by atoms with Gasteiger partial charge < -0.3 is 10.4 Å². The average Bonchev–Trinajstić information content (AvgIpc) is 2.16. The van der Waals surface area contributed by atoms with Crippen LogP contribution in [0.2, 0.25) is 0 Å². The zero-order chi connectivity index (χ0) is 12.3. The van der Waals surface area contributed by atoms with Gasteiger partial charge in [-0.05, 0) is 25.1 Å². The highest BCUT2D eigenvalue weighted by molar-refractivity contribution is 9.10. The molecule has 0 spiro atoms. The number of carboxylic acid groups (broad SMARTS) is 1. The minimum atomic E-state index is -1.18. The van der Waals surface area contributed by atoms with Crippen LogP contribution in [0.1, 0.15) is 17.3 Å². The number of aliphatic carboxylic acids is 1. The van der Waals surface area contributed by atoms with Gasteiger partial charge in [-0.1, -0.05) is 15.9 Å². The lowest BCUT2D eigenvalue weighted by Crippen LogP contribution is -2.38. The minimum Gasteiger partial charge on any atom is -0.480 e. The van der Waals surface area contributed by atoms with E-state index in [1.807, 2.05) is 0 Å². The van der Waals surface area contributed by atoms with Crippen molar-refractivity contribution in [1.29, 1.82) is 0 Å². The Hall–Kier alpha value is -1.43. The van der Waals surface area contributed by atoms with E-state index in [0.717, 1.165) is 6.07 Å². The number of halogens is 2. The van der Waals surface area contributed by atoms with Gasteiger partial charge in [-0.3, -0.25) is 9.59 Å². The highest BCUT2D eigenvalue weighted by atomic mass is 79.9. The highest BCUT2D eigenvalue weighted by Gasteiger charge is 2.17. The Labute approximate surface area is 99.6 Å². The second kappa shape index (κ2) is 5.07. The van der Waals surface area contributed by atoms with Gasteiger partial charge >= 0.3 is 5.97 Å². The normalized spacial score (nSPS) is 11.9. The van der Waals surface area contributed by atoms with Gasteiger partial charge in [0.1, 0.15) is 11.9 Å². The number of hydrogen-bond acceptors (Lipinski definition) is 2. The largest absolute Gasteiger partial charge is 0.480 e. The fourth-order valence-electron chi connectivity index (χ4n) is 1.01. The third-order valence-electron chi connectivity index (χ3n) is 1.89. The molecule has 0 heterocycles. The van der Waals surface area contributed by atoms with Crippen molar-refractivity contribution in [2.24, 2.45) is 0 Å². The standard InChI is InChI=1S/C10H9BrFNO3/c1-5(10(15)16)13-9(14)7-3-2-6(11)4-8(7)12/h2-5H,1H3,(H,13,14)(H,15,16)/t5-/m1/s1. The van der Waals surface area contributed by atoms with Crippen molar-refractivity contribution in [2.75, 3.05) is 0 Å². The predicted octanol–water partition coefficient (Wildman–Crippen LogP) is 1.79. The third kappa shape index (κ3) is 3.03. The number of rotatable bonds is 3. The summed E-state index contributed by atoms with van der Waals surface area (Å²) < 4.78 is 13.8. The molecule has 1 rings (SSSR count). The quantitative estimate of drug-likeness (QED) is 0.892. The summed E-state index contributed by atoms with van der Waals surface area (Å²) in [5, 5.41) is 10.7. The molecule has 0 aliphatic carbocycles. The SMILES string of the molecule is C[C@@H](NC(=O)c1ccc(Br)cc1F)C(=O)O. The van der Waals surface area contributed by atoms with Gasteiger partial charge in [0.15, 0.2) is 0 Å². The number of carbonyl (C=O) groups is 2. The molecule has 0 fully saturated rings. The fraction of sp³-hybridized carbons (Fsp3) is 0.200. The van der Waals surface area contributed by atoms with Crippen LogP contribution in [-0.2, 0) is 4.79 Å². The van der Waals surface area contributed by atoms with Crippen molar-refractivity contribution in [3.8, 4) is 0 Å². The second-order valence-corrected chi connectivity index (χ2v) is 4.07. The molecule has 2 N–H and O–H groups in total. The zero-order valence-electron chi connectivity index (χ0n) is 8.33. The first-order valence-electron chi connectivity index (χ1n) is 4.40. The van der Waals surface area contributed by atoms with E-state index in [1.54, 1.807) is 0 Å². The van der Waals surface area contributed by atoms with Crippen molar-refractivity contribution < 1.29 is 19.1 Å². The lowest BCUT2D eigenvalue weighted by molar-refractivity contribution is -0.138. The third-order valence-corrected chi connectivity index (χ3v) is 2.39. The smallest absolute Gasteiger partial charge is 0.325 e. The molecule has 0 aromatic heterocycles. The van der Waals surface area contributed by atoms with E-state index < -0.39 is 23.7 Å². The summed E-state index contributed by atoms with van der Waals surface area (Å²) in [6.45, 7) is 1.30. The van der Waals surface area contributed by atoms with Crippen LogP contribution in [-0.4, -0.2) is 23.0 Å². The molecular formula is C10H9BrFNO3. The maximum absolute atomic E-state index is 13.3. The minimum absolute atomic E-state index is 0.184. The Balaban J connectivity index is 2.85. The average molecular weight is 290 g/mol. The lowest BCUT2D eigenvalue weighted by atomic mass is 10.2. The number of benzene rings is 1. The van der Waals surface area contributed by atoms with Crippen LogP contribution in [0.3, 0.4) is 0 Å². The van der Waals surface area contributed by atoms with Gasteiger partial charge in [0.05, 0.1) is 5.56 Å². The van der Waals surface area contributed by atoms with E-state index in [9.17, 15) is 14.0 Å². The van der Waals surface area contributed by atoms with Gasteiger partial charge in [-0.15, -0.1) is 0 Å². The van der Waals surface area contributed by atoms with Crippen LogP contribution in [0.15, 0.2) is 22.7 Å². The molecule has 4 nitrogen and oxygen atoms in total. The van der Waals surface area contributed by atoms with Crippen LogP contribution in [0.25, 0.3) is 0 Å². The van der Waals surface area contributed by atoms with E-state index in [2.05, 4.69) is 21.2 Å². The Bertz CT molecular complexity index is 436. The molecule has 0 saturated carbocycles. The van der Waals surface area contributed by atoms with Gasteiger partial charge in [0, 0.05) is 4.47 Å². The van der Waals surface area contributed by atoms with Gasteiger partial charge in [0.25, 0.3) is 5.91 Å². The van der Waals surface area contributed by atoms with Crippen LogP contribution in [0.4, 0.5) is 4.39 Å². The number of hydrogen-bond donors (Lipinski definition) is 2. The second-order valence-electron chi connectivity index (χ2n) is 3.16.